The number of hydrogen-bond acceptors (Lipinski definition) is 2. The minimum atomic E-state index is -0.0575. The highest BCUT2D eigenvalue weighted by Crippen LogP contribution is 2.54. The highest BCUT2D eigenvalue weighted by Gasteiger charge is 2.37. The lowest BCUT2D eigenvalue weighted by Crippen LogP contribution is -2.16. The Morgan fingerprint density at radius 2 is 1.02 bits per heavy atom. The first-order valence-corrected chi connectivity index (χ1v) is 16.9. The molecular weight excluding hydrogens is 583 g/mol. The Labute approximate surface area is 280 Å². The highest BCUT2D eigenvalue weighted by atomic mass is 16.3. The Morgan fingerprint density at radius 1 is 0.458 bits per heavy atom. The van der Waals surface area contributed by atoms with Gasteiger partial charge in [0.1, 0.15) is 11.2 Å². The van der Waals surface area contributed by atoms with Crippen molar-refractivity contribution in [2.45, 2.75) is 38.5 Å². The van der Waals surface area contributed by atoms with Crippen LogP contribution in [-0.4, -0.2) is 0 Å². The summed E-state index contributed by atoms with van der Waals surface area (Å²) in [5.74, 6) is 0. The van der Waals surface area contributed by atoms with E-state index in [2.05, 4.69) is 166 Å². The molecular formula is C46H35NO. The molecule has 0 unspecified atom stereocenters. The Kier molecular flexibility index (Phi) is 5.44. The normalized spacial score (nSPS) is 15.0. The minimum Gasteiger partial charge on any atom is -0.455 e. The first kappa shape index (κ1) is 27.5. The first-order valence-electron chi connectivity index (χ1n) is 16.9. The van der Waals surface area contributed by atoms with Crippen LogP contribution in [0.3, 0.4) is 0 Å². The largest absolute Gasteiger partial charge is 0.455 e. The van der Waals surface area contributed by atoms with Crippen molar-refractivity contribution in [2.24, 2.45) is 0 Å². The molecule has 10 rings (SSSR count). The fourth-order valence-corrected chi connectivity index (χ4v) is 8.84. The van der Waals surface area contributed by atoms with Crippen molar-refractivity contribution in [1.82, 2.24) is 0 Å². The van der Waals surface area contributed by atoms with E-state index in [1.54, 1.807) is 0 Å². The van der Waals surface area contributed by atoms with Gasteiger partial charge in [0.05, 0.1) is 5.69 Å². The fraction of sp³-hybridized carbons (Fsp3) is 0.130. The smallest absolute Gasteiger partial charge is 0.145 e. The number of anilines is 3. The zero-order chi connectivity index (χ0) is 32.4. The molecule has 1 aromatic heterocycles. The first-order chi connectivity index (χ1) is 23.3. The van der Waals surface area contributed by atoms with E-state index in [-0.39, 0.29) is 10.8 Å². The summed E-state index contributed by atoms with van der Waals surface area (Å²) in [6, 6.07) is 51.4. The molecule has 7 aromatic carbocycles. The predicted molar refractivity (Wildman–Crippen MR) is 201 cm³/mol. The van der Waals surface area contributed by atoms with Crippen LogP contribution in [0.1, 0.15) is 49.9 Å². The van der Waals surface area contributed by atoms with E-state index < -0.39 is 0 Å². The van der Waals surface area contributed by atoms with Gasteiger partial charge in [-0.15, -0.1) is 0 Å². The van der Waals surface area contributed by atoms with Gasteiger partial charge in [-0.05, 0) is 92.4 Å². The van der Waals surface area contributed by atoms with Crippen molar-refractivity contribution in [3.8, 4) is 22.3 Å². The number of nitrogens with zero attached hydrogens (tertiary/aromatic N) is 1. The molecule has 2 aliphatic carbocycles. The average Bonchev–Trinajstić information content (AvgIpc) is 3.68. The molecule has 0 radical (unpaired) electrons. The molecule has 0 saturated heterocycles. The minimum absolute atomic E-state index is 0.0575. The van der Waals surface area contributed by atoms with E-state index in [4.69, 9.17) is 4.42 Å². The maximum Gasteiger partial charge on any atom is 0.145 e. The maximum atomic E-state index is 6.70. The summed E-state index contributed by atoms with van der Waals surface area (Å²) in [5.41, 5.74) is 15.8. The van der Waals surface area contributed by atoms with Gasteiger partial charge in [-0.2, -0.15) is 0 Å². The molecule has 230 valence electrons. The van der Waals surface area contributed by atoms with E-state index in [0.717, 1.165) is 49.8 Å². The van der Waals surface area contributed by atoms with Crippen LogP contribution in [0.2, 0.25) is 0 Å². The fourth-order valence-electron chi connectivity index (χ4n) is 8.84. The Balaban J connectivity index is 1.28. The number of rotatable bonds is 3. The molecule has 0 atom stereocenters. The molecule has 0 fully saturated rings. The topological polar surface area (TPSA) is 16.4 Å². The van der Waals surface area contributed by atoms with Crippen LogP contribution in [-0.2, 0) is 10.8 Å². The Bertz CT molecular complexity index is 2530. The second-order valence-corrected chi connectivity index (χ2v) is 14.6. The third-order valence-electron chi connectivity index (χ3n) is 11.3. The standard InChI is InChI=1S/C46H35NO/c1-45(2)37-16-8-5-13-31(37)35-26-29(21-24-39(35)45)47(30-22-25-40-36(27-30)32-14-6-9-17-38(32)46(40,3)4)41-18-11-12-28-20-23-34-33-15-7-10-19-42(33)48-44(34)43(28)41/h5-27H,1-4H3. The van der Waals surface area contributed by atoms with Gasteiger partial charge in [-0.25, -0.2) is 0 Å². The summed E-state index contributed by atoms with van der Waals surface area (Å²) < 4.78 is 6.70. The van der Waals surface area contributed by atoms with Crippen LogP contribution >= 0.6 is 0 Å². The van der Waals surface area contributed by atoms with Crippen LogP contribution in [0, 0.1) is 0 Å². The molecule has 0 bridgehead atoms. The average molecular weight is 618 g/mol. The van der Waals surface area contributed by atoms with Gasteiger partial charge in [0.15, 0.2) is 0 Å². The zero-order valence-corrected chi connectivity index (χ0v) is 27.6. The Hall–Kier alpha value is -5.60. The third kappa shape index (κ3) is 3.58. The van der Waals surface area contributed by atoms with E-state index >= 15 is 0 Å². The second-order valence-electron chi connectivity index (χ2n) is 14.6. The van der Waals surface area contributed by atoms with E-state index in [9.17, 15) is 0 Å². The third-order valence-corrected chi connectivity index (χ3v) is 11.3. The van der Waals surface area contributed by atoms with Gasteiger partial charge in [-0.1, -0.05) is 125 Å². The lowest BCUT2D eigenvalue weighted by Gasteiger charge is -2.29. The molecule has 2 heteroatoms. The SMILES string of the molecule is CC1(C)c2ccccc2-c2cc(N(c3ccc4c(c3)-c3ccccc3C4(C)C)c3cccc4ccc5c6ccccc6oc5c34)ccc21. The summed E-state index contributed by atoms with van der Waals surface area (Å²) in [4.78, 5) is 2.46. The summed E-state index contributed by atoms with van der Waals surface area (Å²) in [5, 5.41) is 4.56. The molecule has 0 spiro atoms. The van der Waals surface area contributed by atoms with Crippen LogP contribution < -0.4 is 4.90 Å². The van der Waals surface area contributed by atoms with Crippen LogP contribution in [0.15, 0.2) is 144 Å². The lowest BCUT2D eigenvalue weighted by molar-refractivity contribution is 0.660. The second kappa shape index (κ2) is 9.49. The van der Waals surface area contributed by atoms with Crippen LogP contribution in [0.25, 0.3) is 55.0 Å². The maximum absolute atomic E-state index is 6.70. The molecule has 0 N–H and O–H groups in total. The molecule has 0 amide bonds. The molecule has 1 heterocycles. The number of para-hydroxylation sites is 1. The molecule has 2 aliphatic rings. The summed E-state index contributed by atoms with van der Waals surface area (Å²) in [6.07, 6.45) is 0. The van der Waals surface area contributed by atoms with Gasteiger partial charge >= 0.3 is 0 Å². The van der Waals surface area contributed by atoms with Gasteiger partial charge < -0.3 is 9.32 Å². The van der Waals surface area contributed by atoms with E-state index in [1.807, 2.05) is 6.07 Å². The lowest BCUT2D eigenvalue weighted by atomic mass is 9.82. The zero-order valence-electron chi connectivity index (χ0n) is 27.6. The molecule has 2 nitrogen and oxygen atoms in total. The van der Waals surface area contributed by atoms with Crippen molar-refractivity contribution in [3.63, 3.8) is 0 Å². The van der Waals surface area contributed by atoms with Crippen molar-refractivity contribution in [1.29, 1.82) is 0 Å². The summed E-state index contributed by atoms with van der Waals surface area (Å²) in [7, 11) is 0. The van der Waals surface area contributed by atoms with Crippen molar-refractivity contribution in [2.75, 3.05) is 4.90 Å². The number of fused-ring (bicyclic) bond motifs is 11. The quantitative estimate of drug-likeness (QED) is 0.196. The monoisotopic (exact) mass is 617 g/mol. The van der Waals surface area contributed by atoms with Crippen molar-refractivity contribution < 1.29 is 4.42 Å². The summed E-state index contributed by atoms with van der Waals surface area (Å²) >= 11 is 0. The predicted octanol–water partition coefficient (Wildman–Crippen LogP) is 12.8. The molecule has 48 heavy (non-hydrogen) atoms. The molecule has 0 aliphatic heterocycles. The van der Waals surface area contributed by atoms with E-state index in [0.29, 0.717) is 0 Å². The van der Waals surface area contributed by atoms with Crippen molar-refractivity contribution in [3.05, 3.63) is 162 Å². The van der Waals surface area contributed by atoms with Gasteiger partial charge in [-0.3, -0.25) is 0 Å². The molecule has 8 aromatic rings. The summed E-state index contributed by atoms with van der Waals surface area (Å²) in [6.45, 7) is 9.38. The van der Waals surface area contributed by atoms with Gasteiger partial charge in [0, 0.05) is 38.4 Å². The number of furan rings is 1. The van der Waals surface area contributed by atoms with Gasteiger partial charge in [0.25, 0.3) is 0 Å². The van der Waals surface area contributed by atoms with Crippen LogP contribution in [0.5, 0.6) is 0 Å². The highest BCUT2D eigenvalue weighted by molar-refractivity contribution is 6.19. The Morgan fingerprint density at radius 3 is 1.67 bits per heavy atom. The van der Waals surface area contributed by atoms with Crippen molar-refractivity contribution >= 4 is 49.8 Å². The number of hydrogen-bond donors (Lipinski definition) is 0. The molecule has 0 saturated carbocycles. The van der Waals surface area contributed by atoms with E-state index in [1.165, 1.54) is 44.5 Å². The van der Waals surface area contributed by atoms with Gasteiger partial charge in [0.2, 0.25) is 0 Å². The number of benzene rings is 7. The van der Waals surface area contributed by atoms with Crippen LogP contribution in [0.4, 0.5) is 17.1 Å².